The molecule has 1 rings (SSSR count). The van der Waals surface area contributed by atoms with Gasteiger partial charge in [-0.15, -0.1) is 0 Å². The quantitative estimate of drug-likeness (QED) is 0.664. The Morgan fingerprint density at radius 2 is 2.45 bits per heavy atom. The molecule has 1 saturated heterocycles. The first-order valence-electron chi connectivity index (χ1n) is 3.94. The number of alkyl halides is 1. The minimum atomic E-state index is 0.234. The van der Waals surface area contributed by atoms with Crippen LogP contribution in [0.5, 0.6) is 0 Å². The Balaban J connectivity index is 2.39. The molecule has 0 aliphatic carbocycles. The summed E-state index contributed by atoms with van der Waals surface area (Å²) in [5.74, 6) is 0.554. The van der Waals surface area contributed by atoms with E-state index in [4.69, 9.17) is 4.74 Å². The molecule has 1 heterocycles. The van der Waals surface area contributed by atoms with Crippen molar-refractivity contribution in [1.82, 2.24) is 0 Å². The molecule has 0 unspecified atom stereocenters. The van der Waals surface area contributed by atoms with Gasteiger partial charge in [-0.1, -0.05) is 15.9 Å². The predicted molar refractivity (Wildman–Crippen MR) is 46.9 cm³/mol. The minimum Gasteiger partial charge on any atom is -0.378 e. The molecular formula is C8H13BrO2. The van der Waals surface area contributed by atoms with E-state index in [0.717, 1.165) is 19.4 Å². The van der Waals surface area contributed by atoms with E-state index >= 15 is 0 Å². The van der Waals surface area contributed by atoms with Crippen molar-refractivity contribution in [2.45, 2.75) is 25.9 Å². The predicted octanol–water partition coefficient (Wildman–Crippen LogP) is 1.77. The molecule has 64 valence electrons. The number of ketones is 1. The number of halogens is 1. The molecule has 0 aromatic heterocycles. The van der Waals surface area contributed by atoms with Crippen molar-refractivity contribution < 1.29 is 9.53 Å². The molecule has 0 radical (unpaired) electrons. The second-order valence-electron chi connectivity index (χ2n) is 3.00. The first-order chi connectivity index (χ1) is 5.24. The molecule has 11 heavy (non-hydrogen) atoms. The highest BCUT2D eigenvalue weighted by Gasteiger charge is 2.24. The lowest BCUT2D eigenvalue weighted by molar-refractivity contribution is -0.124. The van der Waals surface area contributed by atoms with Gasteiger partial charge in [0.25, 0.3) is 0 Å². The van der Waals surface area contributed by atoms with Crippen molar-refractivity contribution >= 4 is 21.7 Å². The molecular weight excluding hydrogens is 208 g/mol. The third-order valence-electron chi connectivity index (χ3n) is 2.07. The van der Waals surface area contributed by atoms with E-state index in [2.05, 4.69) is 15.9 Å². The maximum Gasteiger partial charge on any atom is 0.146 e. The Morgan fingerprint density at radius 3 is 3.00 bits per heavy atom. The molecule has 0 N–H and O–H groups in total. The third kappa shape index (κ3) is 2.56. The Hall–Kier alpha value is 0.110. The topological polar surface area (TPSA) is 26.3 Å². The second-order valence-corrected chi connectivity index (χ2v) is 3.56. The summed E-state index contributed by atoms with van der Waals surface area (Å²) in [7, 11) is 0. The summed E-state index contributed by atoms with van der Waals surface area (Å²) in [6, 6.07) is 0. The van der Waals surface area contributed by atoms with Crippen molar-refractivity contribution in [2.75, 3.05) is 11.9 Å². The smallest absolute Gasteiger partial charge is 0.146 e. The lowest BCUT2D eigenvalue weighted by atomic mass is 9.93. The van der Waals surface area contributed by atoms with Crippen molar-refractivity contribution in [3.8, 4) is 0 Å². The highest BCUT2D eigenvalue weighted by molar-refractivity contribution is 9.09. The van der Waals surface area contributed by atoms with Gasteiger partial charge in [-0.2, -0.15) is 0 Å². The molecule has 2 nitrogen and oxygen atoms in total. The zero-order chi connectivity index (χ0) is 8.27. The monoisotopic (exact) mass is 220 g/mol. The number of Topliss-reactive ketones (excluding diaryl/α,β-unsaturated/α-hetero) is 1. The highest BCUT2D eigenvalue weighted by Crippen LogP contribution is 2.21. The maximum absolute atomic E-state index is 11.2. The van der Waals surface area contributed by atoms with Crippen LogP contribution < -0.4 is 0 Å². The van der Waals surface area contributed by atoms with Crippen molar-refractivity contribution in [3.05, 3.63) is 0 Å². The molecule has 0 aromatic carbocycles. The fraction of sp³-hybridized carbons (Fsp3) is 0.875. The van der Waals surface area contributed by atoms with Crippen molar-refractivity contribution in [3.63, 3.8) is 0 Å². The Morgan fingerprint density at radius 1 is 1.73 bits per heavy atom. The van der Waals surface area contributed by atoms with Gasteiger partial charge in [0, 0.05) is 12.5 Å². The second kappa shape index (κ2) is 4.21. The molecule has 0 saturated carbocycles. The summed E-state index contributed by atoms with van der Waals surface area (Å²) < 4.78 is 5.34. The number of rotatable bonds is 2. The lowest BCUT2D eigenvalue weighted by Crippen LogP contribution is -2.28. The molecule has 2 atom stereocenters. The van der Waals surface area contributed by atoms with Gasteiger partial charge >= 0.3 is 0 Å². The Labute approximate surface area is 75.4 Å². The van der Waals surface area contributed by atoms with E-state index in [1.165, 1.54) is 0 Å². The number of hydrogen-bond donors (Lipinski definition) is 0. The normalized spacial score (nSPS) is 31.8. The number of hydrogen-bond acceptors (Lipinski definition) is 2. The number of carbonyl (C=O) groups excluding carboxylic acids is 1. The van der Waals surface area contributed by atoms with Gasteiger partial charge in [0.2, 0.25) is 0 Å². The van der Waals surface area contributed by atoms with E-state index in [9.17, 15) is 4.79 Å². The van der Waals surface area contributed by atoms with E-state index in [1.807, 2.05) is 6.92 Å². The summed E-state index contributed by atoms with van der Waals surface area (Å²) in [6.45, 7) is 2.76. The van der Waals surface area contributed by atoms with Gasteiger partial charge < -0.3 is 4.74 Å². The van der Waals surface area contributed by atoms with Gasteiger partial charge in [-0.25, -0.2) is 0 Å². The molecule has 1 aliphatic heterocycles. The fourth-order valence-electron chi connectivity index (χ4n) is 1.40. The summed E-state index contributed by atoms with van der Waals surface area (Å²) in [5, 5.41) is 0.490. The molecule has 0 amide bonds. The van der Waals surface area contributed by atoms with E-state index < -0.39 is 0 Å². The Kier molecular flexibility index (Phi) is 3.52. The van der Waals surface area contributed by atoms with E-state index in [0.29, 0.717) is 11.1 Å². The van der Waals surface area contributed by atoms with Crippen LogP contribution in [-0.4, -0.2) is 23.8 Å². The van der Waals surface area contributed by atoms with Crippen LogP contribution in [0.3, 0.4) is 0 Å². The van der Waals surface area contributed by atoms with Gasteiger partial charge in [0.15, 0.2) is 0 Å². The van der Waals surface area contributed by atoms with E-state index in [1.54, 1.807) is 0 Å². The lowest BCUT2D eigenvalue weighted by Gasteiger charge is -2.25. The first-order valence-corrected chi connectivity index (χ1v) is 5.06. The fourth-order valence-corrected chi connectivity index (χ4v) is 1.86. The van der Waals surface area contributed by atoms with Crippen LogP contribution >= 0.6 is 15.9 Å². The van der Waals surface area contributed by atoms with Crippen LogP contribution in [0.1, 0.15) is 19.8 Å². The average molecular weight is 221 g/mol. The van der Waals surface area contributed by atoms with Crippen LogP contribution in [0.15, 0.2) is 0 Å². The van der Waals surface area contributed by atoms with E-state index in [-0.39, 0.29) is 12.0 Å². The van der Waals surface area contributed by atoms with Gasteiger partial charge in [0.1, 0.15) is 5.78 Å². The van der Waals surface area contributed by atoms with Crippen LogP contribution in [0.25, 0.3) is 0 Å². The maximum atomic E-state index is 11.2. The molecule has 0 spiro atoms. The SMILES string of the molecule is C[C@@H]1C[C@H](C(=O)CBr)CCO1. The van der Waals surface area contributed by atoms with Gasteiger partial charge in [-0.3, -0.25) is 4.79 Å². The molecule has 1 aliphatic rings. The molecule has 0 bridgehead atoms. The molecule has 1 fully saturated rings. The van der Waals surface area contributed by atoms with Crippen LogP contribution in [-0.2, 0) is 9.53 Å². The van der Waals surface area contributed by atoms with Crippen molar-refractivity contribution in [1.29, 1.82) is 0 Å². The molecule has 3 heteroatoms. The van der Waals surface area contributed by atoms with Gasteiger partial charge in [-0.05, 0) is 19.8 Å². The summed E-state index contributed by atoms with van der Waals surface area (Å²) >= 11 is 3.18. The average Bonchev–Trinajstić information content (AvgIpc) is 2.03. The number of ether oxygens (including phenoxy) is 1. The summed E-state index contributed by atoms with van der Waals surface area (Å²) in [4.78, 5) is 11.2. The summed E-state index contributed by atoms with van der Waals surface area (Å²) in [6.07, 6.45) is 2.05. The summed E-state index contributed by atoms with van der Waals surface area (Å²) in [5.41, 5.74) is 0. The van der Waals surface area contributed by atoms with Crippen LogP contribution in [0, 0.1) is 5.92 Å². The Bertz CT molecular complexity index is 147. The van der Waals surface area contributed by atoms with Crippen molar-refractivity contribution in [2.24, 2.45) is 5.92 Å². The largest absolute Gasteiger partial charge is 0.378 e. The van der Waals surface area contributed by atoms with Crippen LogP contribution in [0.4, 0.5) is 0 Å². The zero-order valence-corrected chi connectivity index (χ0v) is 8.26. The third-order valence-corrected chi connectivity index (χ3v) is 2.62. The molecule has 0 aromatic rings. The highest BCUT2D eigenvalue weighted by atomic mass is 79.9. The standard InChI is InChI=1S/C8H13BrO2/c1-6-4-7(2-3-11-6)8(10)5-9/h6-7H,2-5H2,1H3/t6-,7-/m1/s1. The zero-order valence-electron chi connectivity index (χ0n) is 6.68. The first kappa shape index (κ1) is 9.20. The van der Waals surface area contributed by atoms with Crippen LogP contribution in [0.2, 0.25) is 0 Å². The number of carbonyl (C=O) groups is 1. The minimum absolute atomic E-state index is 0.234. The van der Waals surface area contributed by atoms with Gasteiger partial charge in [0.05, 0.1) is 11.4 Å².